The van der Waals surface area contributed by atoms with Crippen LogP contribution in [0.5, 0.6) is 0 Å². The zero-order chi connectivity index (χ0) is 20.4. The first-order valence-electron chi connectivity index (χ1n) is 7.31. The van der Waals surface area contributed by atoms with Gasteiger partial charge in [-0.05, 0) is 24.3 Å². The van der Waals surface area contributed by atoms with E-state index in [9.17, 15) is 35.2 Å². The second-order valence-corrected chi connectivity index (χ2v) is 7.39. The SMILES string of the molecule is CN(CC(=O)Nc1ccccc1C(F)(F)F)S(=O)(=O)c1c(F)cccc1F. The lowest BCUT2D eigenvalue weighted by Crippen LogP contribution is -2.36. The fourth-order valence-electron chi connectivity index (χ4n) is 2.20. The number of carbonyl (C=O) groups is 1. The van der Waals surface area contributed by atoms with Gasteiger partial charge in [0.25, 0.3) is 0 Å². The highest BCUT2D eigenvalue weighted by Crippen LogP contribution is 2.34. The third-order valence-electron chi connectivity index (χ3n) is 3.46. The summed E-state index contributed by atoms with van der Waals surface area (Å²) in [6, 6.07) is 6.52. The molecule has 0 fully saturated rings. The maximum Gasteiger partial charge on any atom is 0.418 e. The first-order chi connectivity index (χ1) is 12.4. The van der Waals surface area contributed by atoms with Crippen molar-refractivity contribution in [3.05, 3.63) is 59.7 Å². The van der Waals surface area contributed by atoms with E-state index in [1.54, 1.807) is 0 Å². The van der Waals surface area contributed by atoms with Gasteiger partial charge in [0.1, 0.15) is 11.6 Å². The summed E-state index contributed by atoms with van der Waals surface area (Å²) < 4.78 is 91.0. The Morgan fingerprint density at radius 1 is 1.04 bits per heavy atom. The lowest BCUT2D eigenvalue weighted by atomic mass is 10.1. The molecule has 0 spiro atoms. The summed E-state index contributed by atoms with van der Waals surface area (Å²) >= 11 is 0. The van der Waals surface area contributed by atoms with E-state index in [2.05, 4.69) is 0 Å². The van der Waals surface area contributed by atoms with Crippen LogP contribution in [0.25, 0.3) is 0 Å². The summed E-state index contributed by atoms with van der Waals surface area (Å²) in [6.45, 7) is -0.956. The first kappa shape index (κ1) is 20.8. The van der Waals surface area contributed by atoms with E-state index in [1.165, 1.54) is 6.07 Å². The van der Waals surface area contributed by atoms with E-state index < -0.39 is 56.4 Å². The van der Waals surface area contributed by atoms with Gasteiger partial charge in [0.2, 0.25) is 15.9 Å². The van der Waals surface area contributed by atoms with Crippen molar-refractivity contribution in [2.75, 3.05) is 18.9 Å². The van der Waals surface area contributed by atoms with Gasteiger partial charge in [0.15, 0.2) is 4.90 Å². The molecule has 0 saturated heterocycles. The molecule has 5 nitrogen and oxygen atoms in total. The highest BCUT2D eigenvalue weighted by atomic mass is 32.2. The number of rotatable bonds is 5. The van der Waals surface area contributed by atoms with Crippen LogP contribution in [0.15, 0.2) is 47.4 Å². The Hall–Kier alpha value is -2.53. The molecule has 2 rings (SSSR count). The number of alkyl halides is 3. The van der Waals surface area contributed by atoms with Crippen LogP contribution in [0, 0.1) is 11.6 Å². The van der Waals surface area contributed by atoms with Gasteiger partial charge in [-0.25, -0.2) is 17.2 Å². The molecule has 1 amide bonds. The van der Waals surface area contributed by atoms with Crippen molar-refractivity contribution in [1.82, 2.24) is 4.31 Å². The van der Waals surface area contributed by atoms with E-state index in [0.717, 1.165) is 43.4 Å². The van der Waals surface area contributed by atoms with Crippen molar-refractivity contribution < 1.29 is 35.2 Å². The molecule has 27 heavy (non-hydrogen) atoms. The summed E-state index contributed by atoms with van der Waals surface area (Å²) in [5.41, 5.74) is -1.69. The average molecular weight is 408 g/mol. The Kier molecular flexibility index (Phi) is 5.85. The zero-order valence-corrected chi connectivity index (χ0v) is 14.5. The molecule has 0 bridgehead atoms. The van der Waals surface area contributed by atoms with Gasteiger partial charge < -0.3 is 5.32 Å². The molecule has 0 heterocycles. The van der Waals surface area contributed by atoms with Crippen molar-refractivity contribution in [2.24, 2.45) is 0 Å². The predicted octanol–water partition coefficient (Wildman–Crippen LogP) is 3.24. The Balaban J connectivity index is 2.22. The van der Waals surface area contributed by atoms with Crippen LogP contribution in [0.3, 0.4) is 0 Å². The average Bonchev–Trinajstić information content (AvgIpc) is 2.53. The predicted molar refractivity (Wildman–Crippen MR) is 86.2 cm³/mol. The van der Waals surface area contributed by atoms with Crippen molar-refractivity contribution in [1.29, 1.82) is 0 Å². The van der Waals surface area contributed by atoms with Crippen molar-refractivity contribution >= 4 is 21.6 Å². The van der Waals surface area contributed by atoms with Crippen LogP contribution in [-0.4, -0.2) is 32.2 Å². The number of hydrogen-bond acceptors (Lipinski definition) is 3. The van der Waals surface area contributed by atoms with Crippen molar-refractivity contribution in [3.8, 4) is 0 Å². The summed E-state index contributed by atoms with van der Waals surface area (Å²) in [4.78, 5) is 10.7. The molecule has 2 aromatic carbocycles. The van der Waals surface area contributed by atoms with Crippen molar-refractivity contribution in [3.63, 3.8) is 0 Å². The number of sulfonamides is 1. The van der Waals surface area contributed by atoms with Gasteiger partial charge in [0, 0.05) is 7.05 Å². The number of hydrogen-bond donors (Lipinski definition) is 1. The highest BCUT2D eigenvalue weighted by Gasteiger charge is 2.34. The first-order valence-corrected chi connectivity index (χ1v) is 8.75. The van der Waals surface area contributed by atoms with Gasteiger partial charge >= 0.3 is 6.18 Å². The number of carbonyl (C=O) groups excluding carboxylic acids is 1. The molecule has 0 aromatic heterocycles. The molecule has 2 aromatic rings. The van der Waals surface area contributed by atoms with Gasteiger partial charge in [0.05, 0.1) is 17.8 Å². The smallest absolute Gasteiger partial charge is 0.324 e. The van der Waals surface area contributed by atoms with E-state index in [-0.39, 0.29) is 0 Å². The number of benzene rings is 2. The van der Waals surface area contributed by atoms with Gasteiger partial charge in [-0.3, -0.25) is 4.79 Å². The molecular formula is C16H13F5N2O3S. The minimum absolute atomic E-state index is 0.333. The molecule has 1 N–H and O–H groups in total. The maximum absolute atomic E-state index is 13.7. The standard InChI is InChI=1S/C16H13F5N2O3S/c1-23(27(25,26)15-11(17)6-4-7-12(15)18)9-14(24)22-13-8-3-2-5-10(13)16(19,20)21/h2-8H,9H2,1H3,(H,22,24). The van der Waals surface area contributed by atoms with Crippen LogP contribution in [0.2, 0.25) is 0 Å². The second kappa shape index (κ2) is 7.61. The largest absolute Gasteiger partial charge is 0.418 e. The Morgan fingerprint density at radius 3 is 2.15 bits per heavy atom. The Bertz CT molecular complexity index is 941. The fraction of sp³-hybridized carbons (Fsp3) is 0.188. The monoisotopic (exact) mass is 408 g/mol. The molecule has 0 saturated carbocycles. The maximum atomic E-state index is 13.7. The van der Waals surface area contributed by atoms with Crippen LogP contribution in [0.1, 0.15) is 5.56 Å². The topological polar surface area (TPSA) is 66.5 Å². The van der Waals surface area contributed by atoms with Gasteiger partial charge in [-0.15, -0.1) is 0 Å². The molecule has 0 aliphatic heterocycles. The number of nitrogens with one attached hydrogen (secondary N) is 1. The zero-order valence-electron chi connectivity index (χ0n) is 13.7. The van der Waals surface area contributed by atoms with Crippen LogP contribution < -0.4 is 5.32 Å². The quantitative estimate of drug-likeness (QED) is 0.773. The molecule has 0 aliphatic rings. The summed E-state index contributed by atoms with van der Waals surface area (Å²) in [7, 11) is -3.85. The summed E-state index contributed by atoms with van der Waals surface area (Å²) in [5, 5.41) is 1.95. The Labute approximate surface area is 151 Å². The summed E-state index contributed by atoms with van der Waals surface area (Å²) in [6.07, 6.45) is -4.74. The molecule has 0 unspecified atom stereocenters. The number of para-hydroxylation sites is 1. The van der Waals surface area contributed by atoms with E-state index in [0.29, 0.717) is 4.31 Å². The van der Waals surface area contributed by atoms with Gasteiger partial charge in [-0.2, -0.15) is 17.5 Å². The second-order valence-electron chi connectivity index (χ2n) is 5.40. The summed E-state index contributed by atoms with van der Waals surface area (Å²) in [5.74, 6) is -3.83. The number of anilines is 1. The lowest BCUT2D eigenvalue weighted by Gasteiger charge is -2.18. The molecule has 0 atom stereocenters. The van der Waals surface area contributed by atoms with E-state index in [4.69, 9.17) is 0 Å². The number of nitrogens with zero attached hydrogens (tertiary/aromatic N) is 1. The molecule has 0 radical (unpaired) electrons. The van der Waals surface area contributed by atoms with Crippen LogP contribution >= 0.6 is 0 Å². The highest BCUT2D eigenvalue weighted by molar-refractivity contribution is 7.89. The molecule has 146 valence electrons. The van der Waals surface area contributed by atoms with E-state index in [1.807, 2.05) is 5.32 Å². The molecular weight excluding hydrogens is 395 g/mol. The fourth-order valence-corrected chi connectivity index (χ4v) is 3.43. The molecule has 0 aliphatic carbocycles. The van der Waals surface area contributed by atoms with Crippen LogP contribution in [0.4, 0.5) is 27.6 Å². The minimum atomic E-state index is -4.74. The third-order valence-corrected chi connectivity index (χ3v) is 5.32. The number of likely N-dealkylation sites (N-methyl/N-ethyl adjacent to an activating group) is 1. The Morgan fingerprint density at radius 2 is 1.59 bits per heavy atom. The van der Waals surface area contributed by atoms with Crippen LogP contribution in [-0.2, 0) is 21.0 Å². The van der Waals surface area contributed by atoms with Gasteiger partial charge in [-0.1, -0.05) is 18.2 Å². The normalized spacial score (nSPS) is 12.3. The van der Waals surface area contributed by atoms with E-state index >= 15 is 0 Å². The molecule has 11 heteroatoms. The number of halogens is 5. The minimum Gasteiger partial charge on any atom is -0.324 e. The third kappa shape index (κ3) is 4.61. The number of amides is 1. The van der Waals surface area contributed by atoms with Crippen molar-refractivity contribution in [2.45, 2.75) is 11.1 Å². The lowest BCUT2D eigenvalue weighted by molar-refractivity contribution is -0.137.